The molecule has 8 rings (SSSR count). The lowest BCUT2D eigenvalue weighted by Crippen LogP contribution is -2.44. The van der Waals surface area contributed by atoms with Gasteiger partial charge in [0.15, 0.2) is 0 Å². The van der Waals surface area contributed by atoms with Gasteiger partial charge in [0, 0.05) is 43.4 Å². The molecule has 56 heavy (non-hydrogen) atoms. The Morgan fingerprint density at radius 1 is 0.982 bits per heavy atom. The number of methoxy groups -OCH3 is 1. The maximum atomic E-state index is 13.4. The maximum absolute atomic E-state index is 13.4. The number of piperidine rings is 2. The van der Waals surface area contributed by atoms with E-state index in [9.17, 15) is 32.3 Å². The van der Waals surface area contributed by atoms with Crippen LogP contribution in [0.4, 0.5) is 18.9 Å². The number of hydrogen-bond donors (Lipinski definition) is 2. The molecule has 2 aromatic carbocycles. The van der Waals surface area contributed by atoms with E-state index >= 15 is 0 Å². The third-order valence-corrected chi connectivity index (χ3v) is 11.7. The predicted octanol–water partition coefficient (Wildman–Crippen LogP) is 5.95. The van der Waals surface area contributed by atoms with Gasteiger partial charge in [-0.15, -0.1) is 0 Å². The van der Waals surface area contributed by atoms with Crippen LogP contribution in [0.25, 0.3) is 21.9 Å². The number of nitrogens with zero attached hydrogens (tertiary/aromatic N) is 6. The van der Waals surface area contributed by atoms with Crippen molar-refractivity contribution in [1.82, 2.24) is 34.1 Å². The minimum Gasteiger partial charge on any atom is -0.494 e. The van der Waals surface area contributed by atoms with Crippen molar-refractivity contribution in [2.24, 2.45) is 13.0 Å². The van der Waals surface area contributed by atoms with Crippen LogP contribution in [0.3, 0.4) is 0 Å². The van der Waals surface area contributed by atoms with Gasteiger partial charge in [0.1, 0.15) is 28.7 Å². The number of benzene rings is 2. The van der Waals surface area contributed by atoms with Crippen LogP contribution in [0.2, 0.25) is 0 Å². The summed E-state index contributed by atoms with van der Waals surface area (Å²) in [5, 5.41) is 10.6. The van der Waals surface area contributed by atoms with Crippen molar-refractivity contribution in [2.75, 3.05) is 32.1 Å². The minimum atomic E-state index is -4.66. The average Bonchev–Trinajstić information content (AvgIpc) is 3.73. The van der Waals surface area contributed by atoms with E-state index < -0.39 is 29.7 Å². The molecule has 3 aliphatic rings. The van der Waals surface area contributed by atoms with Crippen molar-refractivity contribution in [3.63, 3.8) is 0 Å². The van der Waals surface area contributed by atoms with Crippen LogP contribution in [0.5, 0.6) is 5.75 Å². The number of imidazole rings is 1. The number of imide groups is 1. The van der Waals surface area contributed by atoms with Gasteiger partial charge in [-0.25, -0.2) is 9.78 Å². The van der Waals surface area contributed by atoms with E-state index in [1.54, 1.807) is 28.3 Å². The van der Waals surface area contributed by atoms with Crippen LogP contribution in [-0.4, -0.2) is 73.3 Å². The molecule has 2 N–H and O–H groups in total. The van der Waals surface area contributed by atoms with Crippen molar-refractivity contribution in [3.8, 4) is 5.75 Å². The quantitative estimate of drug-likeness (QED) is 0.184. The summed E-state index contributed by atoms with van der Waals surface area (Å²) in [6, 6.07) is 12.0. The van der Waals surface area contributed by atoms with Crippen molar-refractivity contribution >= 4 is 45.3 Å². The van der Waals surface area contributed by atoms with Crippen LogP contribution in [-0.2, 0) is 22.8 Å². The smallest absolute Gasteiger partial charge is 0.433 e. The van der Waals surface area contributed by atoms with E-state index in [0.29, 0.717) is 29.3 Å². The number of carbonyl (C=O) groups is 3. The third-order valence-electron chi connectivity index (χ3n) is 11.7. The fourth-order valence-electron chi connectivity index (χ4n) is 8.86. The Bertz CT molecular complexity index is 2380. The molecular weight excluding hydrogens is 729 g/mol. The van der Waals surface area contributed by atoms with Crippen molar-refractivity contribution in [1.29, 1.82) is 0 Å². The molecule has 16 heteroatoms. The average molecular weight is 773 g/mol. The number of hydrogen-bond acceptors (Lipinski definition) is 8. The van der Waals surface area contributed by atoms with E-state index in [2.05, 4.69) is 26.6 Å². The second-order valence-electron chi connectivity index (χ2n) is 15.2. The van der Waals surface area contributed by atoms with Gasteiger partial charge in [-0.2, -0.15) is 18.3 Å². The summed E-state index contributed by atoms with van der Waals surface area (Å²) in [4.78, 5) is 56.8. The zero-order chi connectivity index (χ0) is 39.3. The Labute approximate surface area is 319 Å². The molecule has 5 aromatic rings. The minimum absolute atomic E-state index is 0.195. The topological polar surface area (TPSA) is 145 Å². The molecule has 0 bridgehead atoms. The lowest BCUT2D eigenvalue weighted by molar-refractivity contribution is -0.141. The summed E-state index contributed by atoms with van der Waals surface area (Å²) in [5.41, 5.74) is 1.97. The Kier molecular flexibility index (Phi) is 9.93. The zero-order valence-corrected chi connectivity index (χ0v) is 31.1. The molecule has 13 nitrogen and oxygen atoms in total. The number of aromatic nitrogens is 5. The first-order valence-corrected chi connectivity index (χ1v) is 19.1. The number of amides is 3. The molecule has 0 radical (unpaired) electrons. The molecule has 1 unspecified atom stereocenters. The highest BCUT2D eigenvalue weighted by Gasteiger charge is 2.35. The molecule has 5 heterocycles. The highest BCUT2D eigenvalue weighted by Crippen LogP contribution is 2.38. The number of anilines is 1. The molecular formula is C40H43F3N8O5. The van der Waals surface area contributed by atoms with Gasteiger partial charge in [-0.1, -0.05) is 18.2 Å². The van der Waals surface area contributed by atoms with Gasteiger partial charge in [0.25, 0.3) is 5.91 Å². The monoisotopic (exact) mass is 772 g/mol. The zero-order valence-electron chi connectivity index (χ0n) is 31.1. The number of alkyl halides is 3. The van der Waals surface area contributed by atoms with Crippen LogP contribution in [0.15, 0.2) is 59.5 Å². The SMILES string of the molecule is COc1cc(NC(=O)c2cccc(C(F)(F)F)n2)cc2cn(C3CCC(CN4CCC(c5cccc6c5n(C)c(=O)n6C5CCC(=O)NC5=O)CC4)CC3)nc12. The second-order valence-corrected chi connectivity index (χ2v) is 15.2. The van der Waals surface area contributed by atoms with Gasteiger partial charge in [-0.3, -0.25) is 33.5 Å². The normalized spacial score (nSPS) is 21.4. The number of likely N-dealkylation sites (tertiary alicyclic amines) is 1. The van der Waals surface area contributed by atoms with E-state index in [1.165, 1.54) is 13.2 Å². The fourth-order valence-corrected chi connectivity index (χ4v) is 8.86. The number of rotatable bonds is 8. The summed E-state index contributed by atoms with van der Waals surface area (Å²) in [5.74, 6) is -0.228. The van der Waals surface area contributed by atoms with E-state index in [-0.39, 0.29) is 35.7 Å². The lowest BCUT2D eigenvalue weighted by Gasteiger charge is -2.37. The molecule has 2 saturated heterocycles. The van der Waals surface area contributed by atoms with Crippen LogP contribution < -0.4 is 21.1 Å². The van der Waals surface area contributed by atoms with Gasteiger partial charge in [-0.05, 0) is 99.7 Å². The molecule has 1 aliphatic carbocycles. The number of carbonyl (C=O) groups excluding carboxylic acids is 3. The Balaban J connectivity index is 0.879. The standard InChI is InChI=1S/C40H43F3N8O5/c1-48-36-28(5-3-7-30(36)51(39(48)55)31-13-14-34(52)46-38(31)54)24-15-17-49(18-16-24)21-23-9-11-27(12-10-23)50-22-25-19-26(20-32(56-2)35(25)47-50)44-37(53)29-6-4-8-33(45-29)40(41,42)43/h3-8,19-20,22-24,27,31H,9-18,21H2,1-2H3,(H,44,53)(H,46,52,54). The third kappa shape index (κ3) is 7.17. The number of nitrogens with one attached hydrogen (secondary N) is 2. The summed E-state index contributed by atoms with van der Waals surface area (Å²) in [6.07, 6.45) is 3.74. The van der Waals surface area contributed by atoms with Crippen LogP contribution in [0.1, 0.15) is 91.1 Å². The molecule has 2 aliphatic heterocycles. The molecule has 1 saturated carbocycles. The highest BCUT2D eigenvalue weighted by molar-refractivity contribution is 6.04. The predicted molar refractivity (Wildman–Crippen MR) is 201 cm³/mol. The maximum Gasteiger partial charge on any atom is 0.433 e. The highest BCUT2D eigenvalue weighted by atomic mass is 19.4. The number of fused-ring (bicyclic) bond motifs is 2. The number of ether oxygens (including phenoxy) is 1. The Morgan fingerprint density at radius 2 is 1.73 bits per heavy atom. The van der Waals surface area contributed by atoms with Gasteiger partial charge in [0.2, 0.25) is 11.8 Å². The molecule has 3 amide bonds. The van der Waals surface area contributed by atoms with E-state index in [1.807, 2.05) is 23.0 Å². The van der Waals surface area contributed by atoms with Crippen LogP contribution in [0, 0.1) is 5.92 Å². The van der Waals surface area contributed by atoms with Gasteiger partial charge >= 0.3 is 11.9 Å². The molecule has 294 valence electrons. The van der Waals surface area contributed by atoms with Crippen LogP contribution >= 0.6 is 0 Å². The molecule has 3 fully saturated rings. The second kappa shape index (κ2) is 14.9. The number of para-hydroxylation sites is 1. The first kappa shape index (κ1) is 37.4. The summed E-state index contributed by atoms with van der Waals surface area (Å²) >= 11 is 0. The fraction of sp³-hybridized carbons (Fsp3) is 0.450. The van der Waals surface area contributed by atoms with Gasteiger partial charge in [0.05, 0.1) is 24.2 Å². The molecule has 3 aromatic heterocycles. The summed E-state index contributed by atoms with van der Waals surface area (Å²) in [7, 11) is 3.26. The Morgan fingerprint density at radius 3 is 2.45 bits per heavy atom. The largest absolute Gasteiger partial charge is 0.494 e. The first-order valence-electron chi connectivity index (χ1n) is 19.1. The molecule has 0 spiro atoms. The van der Waals surface area contributed by atoms with E-state index in [0.717, 1.165) is 92.3 Å². The Hall–Kier alpha value is -5.51. The number of halogens is 3. The summed E-state index contributed by atoms with van der Waals surface area (Å²) < 4.78 is 50.2. The summed E-state index contributed by atoms with van der Waals surface area (Å²) in [6.45, 7) is 2.93. The number of aryl methyl sites for hydroxylation is 1. The lowest BCUT2D eigenvalue weighted by atomic mass is 9.84. The number of pyridine rings is 1. The molecule has 1 atom stereocenters. The van der Waals surface area contributed by atoms with Crippen molar-refractivity contribution < 1.29 is 32.3 Å². The first-order chi connectivity index (χ1) is 26.9. The van der Waals surface area contributed by atoms with Gasteiger partial charge < -0.3 is 15.0 Å². The van der Waals surface area contributed by atoms with E-state index in [4.69, 9.17) is 9.84 Å². The van der Waals surface area contributed by atoms with Crippen molar-refractivity contribution in [2.45, 2.75) is 75.5 Å². The van der Waals surface area contributed by atoms with Crippen molar-refractivity contribution in [3.05, 3.63) is 82.2 Å².